The number of rotatable bonds is 4. The van der Waals surface area contributed by atoms with Crippen molar-refractivity contribution in [2.75, 3.05) is 0 Å². The standard InChI is InChI=1S/2C3H7O.CN.Al/c2*1-3(2)4;1-2;/h2*3H,1-2H3;;/q2*-1;;+2. The fourth-order valence-electron chi connectivity index (χ4n) is 0.587. The summed E-state index contributed by atoms with van der Waals surface area (Å²) in [4.78, 5) is 2.06. The van der Waals surface area contributed by atoms with Gasteiger partial charge in [0.1, 0.15) is 0 Å². The van der Waals surface area contributed by atoms with E-state index >= 15 is 0 Å². The summed E-state index contributed by atoms with van der Waals surface area (Å²) in [5.41, 5.74) is 0. The van der Waals surface area contributed by atoms with Gasteiger partial charge in [-0.15, -0.1) is 0 Å². The third kappa shape index (κ3) is 6.34. The molecule has 0 heterocycles. The van der Waals surface area contributed by atoms with E-state index in [4.69, 9.17) is 12.8 Å². The Kier molecular flexibility index (Phi) is 5.55. The summed E-state index contributed by atoms with van der Waals surface area (Å²) < 4.78 is 10.5. The fourth-order valence-corrected chi connectivity index (χ4v) is 1.76. The maximum Gasteiger partial charge on any atom is 0.817 e. The van der Waals surface area contributed by atoms with Gasteiger partial charge in [-0.2, -0.15) is 0 Å². The van der Waals surface area contributed by atoms with Crippen LogP contribution in [0.4, 0.5) is 0 Å². The molecule has 0 saturated heterocycles. The molecule has 0 N–H and O–H groups in total. The lowest BCUT2D eigenvalue weighted by atomic mass is 10.5. The van der Waals surface area contributed by atoms with Gasteiger partial charge in [0.05, 0.1) is 0 Å². The summed E-state index contributed by atoms with van der Waals surface area (Å²) in [6.07, 6.45) is 0.176. The van der Waals surface area contributed by atoms with Crippen LogP contribution in [0, 0.1) is 10.2 Å². The molecule has 0 radical (unpaired) electrons. The van der Waals surface area contributed by atoms with Crippen LogP contribution >= 0.6 is 0 Å². The van der Waals surface area contributed by atoms with Crippen LogP contribution < -0.4 is 0 Å². The van der Waals surface area contributed by atoms with Crippen molar-refractivity contribution < 1.29 is 7.58 Å². The van der Waals surface area contributed by atoms with E-state index < -0.39 is 14.8 Å². The Balaban J connectivity index is 3.70. The van der Waals surface area contributed by atoms with E-state index in [2.05, 4.69) is 4.93 Å². The first-order valence-electron chi connectivity index (χ1n) is 3.76. The third-order valence-corrected chi connectivity index (χ3v) is 2.69. The van der Waals surface area contributed by atoms with Crippen LogP contribution in [0.25, 0.3) is 0 Å². The van der Waals surface area contributed by atoms with E-state index in [0.717, 1.165) is 0 Å². The molecule has 0 saturated carbocycles. The summed E-state index contributed by atoms with van der Waals surface area (Å²) in [7, 11) is 0. The Morgan fingerprint density at radius 2 is 1.45 bits per heavy atom. The van der Waals surface area contributed by atoms with Crippen molar-refractivity contribution in [3.63, 3.8) is 0 Å². The fraction of sp³-hybridized carbons (Fsp3) is 0.857. The van der Waals surface area contributed by atoms with Gasteiger partial charge < -0.3 is 7.58 Å². The zero-order valence-corrected chi connectivity index (χ0v) is 8.65. The molecule has 0 amide bonds. The summed E-state index contributed by atoms with van der Waals surface area (Å²) in [6.45, 7) is 7.62. The summed E-state index contributed by atoms with van der Waals surface area (Å²) in [5.74, 6) is 0. The minimum Gasteiger partial charge on any atom is -0.465 e. The maximum atomic E-state index is 8.59. The minimum atomic E-state index is -2.02. The highest BCUT2D eigenvalue weighted by molar-refractivity contribution is 6.53. The Bertz CT molecular complexity index is 132. The molecule has 0 aromatic rings. The minimum absolute atomic E-state index is 0.0880. The quantitative estimate of drug-likeness (QED) is 0.600. The Hall–Kier alpha value is -0.0575. The summed E-state index contributed by atoms with van der Waals surface area (Å²) in [6, 6.07) is 0. The first-order chi connectivity index (χ1) is 5.06. The lowest BCUT2D eigenvalue weighted by molar-refractivity contribution is 0.139. The van der Waals surface area contributed by atoms with Crippen molar-refractivity contribution in [2.24, 2.45) is 0 Å². The monoisotopic (exact) mass is 171 g/mol. The van der Waals surface area contributed by atoms with Gasteiger partial charge in [0, 0.05) is 17.1 Å². The molecule has 0 bridgehead atoms. The second-order valence-corrected chi connectivity index (χ2v) is 4.30. The van der Waals surface area contributed by atoms with Gasteiger partial charge in [-0.05, 0) is 27.7 Å². The highest BCUT2D eigenvalue weighted by atomic mass is 27.2. The van der Waals surface area contributed by atoms with Crippen LogP contribution in [0.15, 0.2) is 0 Å². The molecule has 0 aromatic carbocycles. The zero-order valence-electron chi connectivity index (χ0n) is 7.50. The van der Waals surface area contributed by atoms with Gasteiger partial charge >= 0.3 is 14.8 Å². The summed E-state index contributed by atoms with van der Waals surface area (Å²) >= 11 is -2.02. The second kappa shape index (κ2) is 5.57. The van der Waals surface area contributed by atoms with E-state index in [1.54, 1.807) is 0 Å². The highest BCUT2D eigenvalue weighted by Crippen LogP contribution is 1.98. The van der Waals surface area contributed by atoms with E-state index in [1.165, 1.54) is 0 Å². The van der Waals surface area contributed by atoms with Gasteiger partial charge in [-0.1, -0.05) is 0 Å². The molecule has 3 nitrogen and oxygen atoms in total. The van der Waals surface area contributed by atoms with E-state index in [0.29, 0.717) is 0 Å². The predicted octanol–water partition coefficient (Wildman–Crippen LogP) is 1.39. The predicted molar refractivity (Wildman–Crippen MR) is 43.8 cm³/mol. The van der Waals surface area contributed by atoms with Crippen molar-refractivity contribution in [1.82, 2.24) is 0 Å². The molecule has 0 atom stereocenters. The normalized spacial score (nSPS) is 10.3. The first kappa shape index (κ1) is 10.9. The van der Waals surface area contributed by atoms with Crippen LogP contribution in [-0.2, 0) is 7.58 Å². The van der Waals surface area contributed by atoms with Crippen LogP contribution in [0.3, 0.4) is 0 Å². The molecule has 0 aliphatic carbocycles. The Labute approximate surface area is 73.0 Å². The van der Waals surface area contributed by atoms with E-state index in [-0.39, 0.29) is 12.2 Å². The lowest BCUT2D eigenvalue weighted by Crippen LogP contribution is -2.27. The van der Waals surface area contributed by atoms with Gasteiger partial charge in [0.25, 0.3) is 0 Å². The molecule has 0 aliphatic rings. The van der Waals surface area contributed by atoms with Crippen LogP contribution in [0.2, 0.25) is 0 Å². The molecule has 11 heavy (non-hydrogen) atoms. The SMILES string of the molecule is CC(C)[O][Al]([C]#N)[O]C(C)C. The molecule has 0 spiro atoms. The van der Waals surface area contributed by atoms with Crippen molar-refractivity contribution in [3.05, 3.63) is 0 Å². The van der Waals surface area contributed by atoms with Crippen molar-refractivity contribution in [1.29, 1.82) is 5.26 Å². The molecular formula is C7H14AlNO2. The third-order valence-electron chi connectivity index (χ3n) is 0.897. The molecule has 0 aliphatic heterocycles. The van der Waals surface area contributed by atoms with Crippen molar-refractivity contribution in [3.8, 4) is 4.93 Å². The highest BCUT2D eigenvalue weighted by Gasteiger charge is 2.28. The molecule has 0 unspecified atom stereocenters. The van der Waals surface area contributed by atoms with Crippen LogP contribution in [0.5, 0.6) is 0 Å². The zero-order chi connectivity index (χ0) is 8.85. The van der Waals surface area contributed by atoms with Gasteiger partial charge in [0.2, 0.25) is 0 Å². The largest absolute Gasteiger partial charge is 0.817 e. The maximum absolute atomic E-state index is 8.59. The Morgan fingerprint density at radius 3 is 1.64 bits per heavy atom. The topological polar surface area (TPSA) is 42.2 Å². The van der Waals surface area contributed by atoms with Gasteiger partial charge in [-0.3, -0.25) is 0 Å². The molecule has 4 heteroatoms. The lowest BCUT2D eigenvalue weighted by Gasteiger charge is -2.12. The smallest absolute Gasteiger partial charge is 0.465 e. The second-order valence-electron chi connectivity index (χ2n) is 2.83. The number of nitrogens with zero attached hydrogens (tertiary/aromatic N) is 1. The molecule has 62 valence electrons. The average molecular weight is 171 g/mol. The van der Waals surface area contributed by atoms with Gasteiger partial charge in [-0.25, -0.2) is 5.26 Å². The molecule has 0 rings (SSSR count). The van der Waals surface area contributed by atoms with Crippen LogP contribution in [0.1, 0.15) is 27.7 Å². The van der Waals surface area contributed by atoms with Crippen molar-refractivity contribution >= 4 is 14.8 Å². The van der Waals surface area contributed by atoms with Crippen molar-refractivity contribution in [2.45, 2.75) is 39.9 Å². The summed E-state index contributed by atoms with van der Waals surface area (Å²) in [5, 5.41) is 8.59. The first-order valence-corrected chi connectivity index (χ1v) is 5.28. The number of hydrogen-bond acceptors (Lipinski definition) is 3. The van der Waals surface area contributed by atoms with E-state index in [1.807, 2.05) is 27.7 Å². The number of nitriles is 1. The Morgan fingerprint density at radius 1 is 1.09 bits per heavy atom. The average Bonchev–Trinajstić information content (AvgIpc) is 1.84. The number of hydrogen-bond donors (Lipinski definition) is 0. The molecular weight excluding hydrogens is 157 g/mol. The van der Waals surface area contributed by atoms with Gasteiger partial charge in [0.15, 0.2) is 0 Å². The van der Waals surface area contributed by atoms with Crippen LogP contribution in [-0.4, -0.2) is 27.0 Å². The van der Waals surface area contributed by atoms with E-state index in [9.17, 15) is 0 Å². The molecule has 0 fully saturated rings. The molecule has 0 aromatic heterocycles.